The first-order valence-electron chi connectivity index (χ1n) is 6.42. The monoisotopic (exact) mass is 204 g/mol. The number of rotatable bonds is 1. The standard InChI is InChI=1S/C13H18.C2H6/c1-3-11-9-13-7-5-4-6-12(13)8-10(11)2;1-2/h8-9H,3-7H2,1-2H3;1-2H3. The van der Waals surface area contributed by atoms with Crippen LogP contribution in [0.5, 0.6) is 0 Å². The molecule has 0 spiro atoms. The maximum Gasteiger partial charge on any atom is -0.0276 e. The van der Waals surface area contributed by atoms with Crippen molar-refractivity contribution in [2.75, 3.05) is 0 Å². The van der Waals surface area contributed by atoms with E-state index in [-0.39, 0.29) is 0 Å². The summed E-state index contributed by atoms with van der Waals surface area (Å²) >= 11 is 0. The highest BCUT2D eigenvalue weighted by atomic mass is 14.2. The van der Waals surface area contributed by atoms with Crippen molar-refractivity contribution < 1.29 is 0 Å². The molecule has 0 nitrogen and oxygen atoms in total. The Morgan fingerprint density at radius 1 is 1.00 bits per heavy atom. The lowest BCUT2D eigenvalue weighted by molar-refractivity contribution is 0.683. The molecule has 1 aliphatic carbocycles. The Balaban J connectivity index is 0.000000531. The van der Waals surface area contributed by atoms with E-state index in [4.69, 9.17) is 0 Å². The number of hydrogen-bond donors (Lipinski definition) is 0. The first kappa shape index (κ1) is 12.3. The third kappa shape index (κ3) is 2.84. The lowest BCUT2D eigenvalue weighted by Gasteiger charge is -2.18. The van der Waals surface area contributed by atoms with Crippen LogP contribution in [0.1, 0.15) is 55.9 Å². The lowest BCUT2D eigenvalue weighted by atomic mass is 9.88. The molecular weight excluding hydrogens is 180 g/mol. The first-order chi connectivity index (χ1) is 7.31. The van der Waals surface area contributed by atoms with Gasteiger partial charge in [0.1, 0.15) is 0 Å². The molecular formula is C15H24. The highest BCUT2D eigenvalue weighted by molar-refractivity contribution is 5.39. The molecule has 0 heteroatoms. The number of aryl methyl sites for hydroxylation is 4. The van der Waals surface area contributed by atoms with Gasteiger partial charge in [-0.25, -0.2) is 0 Å². The summed E-state index contributed by atoms with van der Waals surface area (Å²) < 4.78 is 0. The van der Waals surface area contributed by atoms with Crippen LogP contribution in [-0.4, -0.2) is 0 Å². The van der Waals surface area contributed by atoms with Crippen molar-refractivity contribution in [2.45, 2.75) is 59.8 Å². The van der Waals surface area contributed by atoms with Crippen LogP contribution in [0, 0.1) is 6.92 Å². The second-order valence-corrected chi connectivity index (χ2v) is 4.11. The number of fused-ring (bicyclic) bond motifs is 1. The molecule has 1 aromatic rings. The summed E-state index contributed by atoms with van der Waals surface area (Å²) in [6, 6.07) is 4.84. The smallest absolute Gasteiger partial charge is 0.0276 e. The molecule has 0 unspecified atom stereocenters. The average molecular weight is 204 g/mol. The SMILES string of the molecule is CC.CCc1cc2c(cc1C)CCCC2. The van der Waals surface area contributed by atoms with Gasteiger partial charge in [0.2, 0.25) is 0 Å². The van der Waals surface area contributed by atoms with Gasteiger partial charge in [-0.3, -0.25) is 0 Å². The molecule has 0 fully saturated rings. The molecule has 0 bridgehead atoms. The molecule has 0 saturated heterocycles. The van der Waals surface area contributed by atoms with E-state index in [1.54, 1.807) is 16.7 Å². The molecule has 0 aliphatic heterocycles. The second-order valence-electron chi connectivity index (χ2n) is 4.11. The van der Waals surface area contributed by atoms with Gasteiger partial charge in [0, 0.05) is 0 Å². The minimum atomic E-state index is 1.18. The minimum absolute atomic E-state index is 1.18. The van der Waals surface area contributed by atoms with E-state index in [2.05, 4.69) is 26.0 Å². The Labute approximate surface area is 94.7 Å². The quantitative estimate of drug-likeness (QED) is 0.633. The molecule has 0 amide bonds. The largest absolute Gasteiger partial charge is 0.0683 e. The minimum Gasteiger partial charge on any atom is -0.0683 e. The maximum atomic E-state index is 2.43. The van der Waals surface area contributed by atoms with Gasteiger partial charge in [-0.2, -0.15) is 0 Å². The van der Waals surface area contributed by atoms with Crippen LogP contribution in [0.2, 0.25) is 0 Å². The summed E-state index contributed by atoms with van der Waals surface area (Å²) in [4.78, 5) is 0. The Hall–Kier alpha value is -0.780. The van der Waals surface area contributed by atoms with Crippen molar-refractivity contribution in [1.29, 1.82) is 0 Å². The Morgan fingerprint density at radius 2 is 1.53 bits per heavy atom. The first-order valence-corrected chi connectivity index (χ1v) is 6.42. The fourth-order valence-electron chi connectivity index (χ4n) is 2.34. The van der Waals surface area contributed by atoms with Crippen molar-refractivity contribution in [1.82, 2.24) is 0 Å². The van der Waals surface area contributed by atoms with Crippen LogP contribution in [0.4, 0.5) is 0 Å². The van der Waals surface area contributed by atoms with Gasteiger partial charge >= 0.3 is 0 Å². The fraction of sp³-hybridized carbons (Fsp3) is 0.600. The molecule has 84 valence electrons. The summed E-state index contributed by atoms with van der Waals surface area (Å²) in [5.41, 5.74) is 6.26. The van der Waals surface area contributed by atoms with Gasteiger partial charge in [0.05, 0.1) is 0 Å². The van der Waals surface area contributed by atoms with E-state index in [1.807, 2.05) is 13.8 Å². The molecule has 0 atom stereocenters. The topological polar surface area (TPSA) is 0 Å². The van der Waals surface area contributed by atoms with Crippen molar-refractivity contribution >= 4 is 0 Å². The van der Waals surface area contributed by atoms with Crippen LogP contribution in [0.25, 0.3) is 0 Å². The summed E-state index contributed by atoms with van der Waals surface area (Å²) in [5.74, 6) is 0. The van der Waals surface area contributed by atoms with Gasteiger partial charge < -0.3 is 0 Å². The fourth-order valence-corrected chi connectivity index (χ4v) is 2.34. The Bertz CT molecular complexity index is 310. The van der Waals surface area contributed by atoms with Crippen LogP contribution in [0.3, 0.4) is 0 Å². The predicted molar refractivity (Wildman–Crippen MR) is 68.5 cm³/mol. The van der Waals surface area contributed by atoms with Gasteiger partial charge in [0.15, 0.2) is 0 Å². The normalized spacial score (nSPS) is 13.9. The third-order valence-corrected chi connectivity index (χ3v) is 3.18. The molecule has 1 aromatic carbocycles. The number of hydrogen-bond acceptors (Lipinski definition) is 0. The van der Waals surface area contributed by atoms with Crippen LogP contribution in [0.15, 0.2) is 12.1 Å². The highest BCUT2D eigenvalue weighted by Crippen LogP contribution is 2.24. The average Bonchev–Trinajstić information content (AvgIpc) is 2.31. The predicted octanol–water partition coefficient (Wildman–Crippen LogP) is 4.46. The van der Waals surface area contributed by atoms with Crippen molar-refractivity contribution in [3.05, 3.63) is 34.4 Å². The lowest BCUT2D eigenvalue weighted by Crippen LogP contribution is -2.04. The van der Waals surface area contributed by atoms with Gasteiger partial charge in [0.25, 0.3) is 0 Å². The molecule has 0 saturated carbocycles. The van der Waals surface area contributed by atoms with Crippen LogP contribution < -0.4 is 0 Å². The van der Waals surface area contributed by atoms with Gasteiger partial charge in [-0.05, 0) is 61.3 Å². The molecule has 2 rings (SSSR count). The summed E-state index contributed by atoms with van der Waals surface area (Å²) in [6.45, 7) is 8.49. The zero-order chi connectivity index (χ0) is 11.3. The maximum absolute atomic E-state index is 2.43. The summed E-state index contributed by atoms with van der Waals surface area (Å²) in [5, 5.41) is 0. The molecule has 0 N–H and O–H groups in total. The molecule has 0 aromatic heterocycles. The second kappa shape index (κ2) is 5.95. The van der Waals surface area contributed by atoms with Gasteiger partial charge in [-0.15, -0.1) is 0 Å². The van der Waals surface area contributed by atoms with Crippen molar-refractivity contribution in [3.8, 4) is 0 Å². The summed E-state index contributed by atoms with van der Waals surface area (Å²) in [6.07, 6.45) is 6.57. The van der Waals surface area contributed by atoms with Crippen LogP contribution >= 0.6 is 0 Å². The van der Waals surface area contributed by atoms with Crippen molar-refractivity contribution in [2.24, 2.45) is 0 Å². The van der Waals surface area contributed by atoms with E-state index in [0.29, 0.717) is 0 Å². The summed E-state index contributed by atoms with van der Waals surface area (Å²) in [7, 11) is 0. The van der Waals surface area contributed by atoms with E-state index < -0.39 is 0 Å². The Kier molecular flexibility index (Phi) is 4.87. The molecule has 0 heterocycles. The highest BCUT2D eigenvalue weighted by Gasteiger charge is 2.10. The Morgan fingerprint density at radius 3 is 2.07 bits per heavy atom. The van der Waals surface area contributed by atoms with E-state index >= 15 is 0 Å². The zero-order valence-electron chi connectivity index (χ0n) is 10.7. The molecule has 1 aliphatic rings. The number of benzene rings is 1. The third-order valence-electron chi connectivity index (χ3n) is 3.18. The van der Waals surface area contributed by atoms with Gasteiger partial charge in [-0.1, -0.05) is 32.9 Å². The van der Waals surface area contributed by atoms with Crippen LogP contribution in [-0.2, 0) is 19.3 Å². The van der Waals surface area contributed by atoms with E-state index in [9.17, 15) is 0 Å². The zero-order valence-corrected chi connectivity index (χ0v) is 10.7. The van der Waals surface area contributed by atoms with Crippen molar-refractivity contribution in [3.63, 3.8) is 0 Å². The molecule has 15 heavy (non-hydrogen) atoms. The van der Waals surface area contributed by atoms with E-state index in [0.717, 1.165) is 0 Å². The van der Waals surface area contributed by atoms with E-state index in [1.165, 1.54) is 37.7 Å². The molecule has 0 radical (unpaired) electrons.